The Hall–Kier alpha value is -1.31. The summed E-state index contributed by atoms with van der Waals surface area (Å²) >= 11 is 0. The van der Waals surface area contributed by atoms with Crippen molar-refractivity contribution in [3.05, 3.63) is 29.8 Å². The minimum Gasteiger partial charge on any atom is -0.493 e. The molecule has 0 radical (unpaired) electrons. The molecule has 2 nitrogen and oxygen atoms in total. The van der Waals surface area contributed by atoms with E-state index in [1.807, 2.05) is 31.2 Å². The summed E-state index contributed by atoms with van der Waals surface area (Å²) < 4.78 is 5.55. The van der Waals surface area contributed by atoms with Crippen LogP contribution in [0.5, 0.6) is 5.75 Å². The number of ketones is 1. The summed E-state index contributed by atoms with van der Waals surface area (Å²) in [4.78, 5) is 11.4. The molecule has 0 aliphatic heterocycles. The van der Waals surface area contributed by atoms with Crippen LogP contribution in [0.15, 0.2) is 24.3 Å². The maximum absolute atomic E-state index is 11.4. The zero-order chi connectivity index (χ0) is 11.3. The van der Waals surface area contributed by atoms with Crippen molar-refractivity contribution in [1.29, 1.82) is 0 Å². The topological polar surface area (TPSA) is 26.3 Å². The van der Waals surface area contributed by atoms with Gasteiger partial charge in [0, 0.05) is 12.0 Å². The summed E-state index contributed by atoms with van der Waals surface area (Å²) in [5, 5.41) is 0. The summed E-state index contributed by atoms with van der Waals surface area (Å²) in [6.07, 6.45) is 0.535. The van der Waals surface area contributed by atoms with E-state index >= 15 is 0 Å². The van der Waals surface area contributed by atoms with Gasteiger partial charge in [0.25, 0.3) is 0 Å². The molecular formula is C13H18O2. The first-order chi connectivity index (χ1) is 7.13. The predicted molar refractivity (Wildman–Crippen MR) is 61.4 cm³/mol. The normalized spacial score (nSPS) is 10.4. The van der Waals surface area contributed by atoms with Crippen molar-refractivity contribution in [1.82, 2.24) is 0 Å². The molecule has 0 saturated carbocycles. The van der Waals surface area contributed by atoms with Crippen molar-refractivity contribution < 1.29 is 9.53 Å². The van der Waals surface area contributed by atoms with Gasteiger partial charge in [0.2, 0.25) is 0 Å². The molecular weight excluding hydrogens is 188 g/mol. The van der Waals surface area contributed by atoms with Gasteiger partial charge in [-0.2, -0.15) is 0 Å². The third-order valence-corrected chi connectivity index (χ3v) is 2.06. The van der Waals surface area contributed by atoms with Crippen LogP contribution in [-0.4, -0.2) is 12.4 Å². The zero-order valence-corrected chi connectivity index (χ0v) is 9.62. The van der Waals surface area contributed by atoms with E-state index in [2.05, 4.69) is 13.8 Å². The molecule has 0 atom stereocenters. The van der Waals surface area contributed by atoms with Crippen LogP contribution in [0.25, 0.3) is 0 Å². The third kappa shape index (κ3) is 3.74. The van der Waals surface area contributed by atoms with Gasteiger partial charge < -0.3 is 4.74 Å². The van der Waals surface area contributed by atoms with Gasteiger partial charge in [0.1, 0.15) is 5.75 Å². The maximum atomic E-state index is 11.4. The molecule has 0 fully saturated rings. The van der Waals surface area contributed by atoms with Crippen molar-refractivity contribution in [3.63, 3.8) is 0 Å². The monoisotopic (exact) mass is 206 g/mol. The lowest BCUT2D eigenvalue weighted by atomic mass is 10.1. The summed E-state index contributed by atoms with van der Waals surface area (Å²) in [6.45, 7) is 6.75. The molecule has 0 heterocycles. The average Bonchev–Trinajstić information content (AvgIpc) is 2.25. The number of benzene rings is 1. The second-order valence-electron chi connectivity index (χ2n) is 4.01. The van der Waals surface area contributed by atoms with E-state index in [0.29, 0.717) is 18.9 Å². The Balaban J connectivity index is 2.70. The zero-order valence-electron chi connectivity index (χ0n) is 9.62. The van der Waals surface area contributed by atoms with Crippen LogP contribution in [0.4, 0.5) is 0 Å². The minimum absolute atomic E-state index is 0.157. The van der Waals surface area contributed by atoms with Crippen molar-refractivity contribution in [2.24, 2.45) is 5.92 Å². The molecule has 0 aliphatic rings. The molecule has 0 saturated heterocycles. The lowest BCUT2D eigenvalue weighted by molar-refractivity contribution is 0.0987. The lowest BCUT2D eigenvalue weighted by Gasteiger charge is -2.09. The van der Waals surface area contributed by atoms with Gasteiger partial charge in [-0.3, -0.25) is 4.79 Å². The molecule has 0 bridgehead atoms. The van der Waals surface area contributed by atoms with E-state index in [1.165, 1.54) is 0 Å². The summed E-state index contributed by atoms with van der Waals surface area (Å²) in [5.41, 5.74) is 0.735. The summed E-state index contributed by atoms with van der Waals surface area (Å²) in [6, 6.07) is 7.38. The average molecular weight is 206 g/mol. The molecule has 0 N–H and O–H groups in total. The Labute approximate surface area is 91.3 Å². The van der Waals surface area contributed by atoms with Gasteiger partial charge in [0.15, 0.2) is 5.78 Å². The number of Topliss-reactive ketones (excluding diaryl/α,β-unsaturated/α-hetero) is 1. The number of hydrogen-bond donors (Lipinski definition) is 0. The largest absolute Gasteiger partial charge is 0.493 e. The fraction of sp³-hybridized carbons (Fsp3) is 0.462. The van der Waals surface area contributed by atoms with Crippen molar-refractivity contribution in [3.8, 4) is 5.75 Å². The molecule has 0 aromatic heterocycles. The molecule has 2 heteroatoms. The first kappa shape index (κ1) is 11.8. The van der Waals surface area contributed by atoms with Gasteiger partial charge in [-0.05, 0) is 18.1 Å². The van der Waals surface area contributed by atoms with Crippen molar-refractivity contribution in [2.75, 3.05) is 6.61 Å². The number of hydrogen-bond acceptors (Lipinski definition) is 2. The molecule has 1 aromatic carbocycles. The standard InChI is InChI=1S/C13H18O2/c1-4-13(14)11-6-5-7-12(8-11)15-9-10(2)3/h5-8,10H,4,9H2,1-3H3. The highest BCUT2D eigenvalue weighted by Gasteiger charge is 2.04. The Morgan fingerprint density at radius 3 is 2.73 bits per heavy atom. The van der Waals surface area contributed by atoms with Crippen molar-refractivity contribution >= 4 is 5.78 Å². The fourth-order valence-corrected chi connectivity index (χ4v) is 1.23. The molecule has 15 heavy (non-hydrogen) atoms. The highest BCUT2D eigenvalue weighted by Crippen LogP contribution is 2.15. The Morgan fingerprint density at radius 2 is 2.13 bits per heavy atom. The van der Waals surface area contributed by atoms with E-state index in [0.717, 1.165) is 11.3 Å². The van der Waals surface area contributed by atoms with Crippen LogP contribution in [-0.2, 0) is 0 Å². The Morgan fingerprint density at radius 1 is 1.40 bits per heavy atom. The highest BCUT2D eigenvalue weighted by molar-refractivity contribution is 5.96. The molecule has 0 aliphatic carbocycles. The van der Waals surface area contributed by atoms with Crippen molar-refractivity contribution in [2.45, 2.75) is 27.2 Å². The van der Waals surface area contributed by atoms with Crippen LogP contribution in [0.3, 0.4) is 0 Å². The first-order valence-corrected chi connectivity index (χ1v) is 5.39. The van der Waals surface area contributed by atoms with E-state index in [4.69, 9.17) is 4.74 Å². The van der Waals surface area contributed by atoms with Gasteiger partial charge in [-0.25, -0.2) is 0 Å². The number of rotatable bonds is 5. The van der Waals surface area contributed by atoms with Crippen LogP contribution < -0.4 is 4.74 Å². The second-order valence-corrected chi connectivity index (χ2v) is 4.01. The van der Waals surface area contributed by atoms with Crippen LogP contribution >= 0.6 is 0 Å². The lowest BCUT2D eigenvalue weighted by Crippen LogP contribution is -2.05. The number of carbonyl (C=O) groups excluding carboxylic acids is 1. The second kappa shape index (κ2) is 5.54. The quantitative estimate of drug-likeness (QED) is 0.691. The minimum atomic E-state index is 0.157. The highest BCUT2D eigenvalue weighted by atomic mass is 16.5. The van der Waals surface area contributed by atoms with Crippen LogP contribution in [0.2, 0.25) is 0 Å². The Bertz CT molecular complexity index is 329. The van der Waals surface area contributed by atoms with E-state index in [-0.39, 0.29) is 5.78 Å². The Kier molecular flexibility index (Phi) is 4.35. The molecule has 0 unspecified atom stereocenters. The SMILES string of the molecule is CCC(=O)c1cccc(OCC(C)C)c1. The predicted octanol–water partition coefficient (Wildman–Crippen LogP) is 3.31. The third-order valence-electron chi connectivity index (χ3n) is 2.06. The molecule has 1 aromatic rings. The van der Waals surface area contributed by atoms with Gasteiger partial charge >= 0.3 is 0 Å². The molecule has 1 rings (SSSR count). The maximum Gasteiger partial charge on any atom is 0.162 e. The summed E-state index contributed by atoms with van der Waals surface area (Å²) in [5.74, 6) is 1.43. The van der Waals surface area contributed by atoms with Crippen LogP contribution in [0.1, 0.15) is 37.6 Å². The van der Waals surface area contributed by atoms with E-state index in [9.17, 15) is 4.79 Å². The van der Waals surface area contributed by atoms with E-state index in [1.54, 1.807) is 0 Å². The van der Waals surface area contributed by atoms with Gasteiger partial charge in [-0.1, -0.05) is 32.9 Å². The van der Waals surface area contributed by atoms with Crippen LogP contribution in [0, 0.1) is 5.92 Å². The smallest absolute Gasteiger partial charge is 0.162 e. The summed E-state index contributed by atoms with van der Waals surface area (Å²) in [7, 11) is 0. The molecule has 82 valence electrons. The number of carbonyl (C=O) groups is 1. The molecule has 0 amide bonds. The van der Waals surface area contributed by atoms with E-state index < -0.39 is 0 Å². The number of ether oxygens (including phenoxy) is 1. The first-order valence-electron chi connectivity index (χ1n) is 5.39. The fourth-order valence-electron chi connectivity index (χ4n) is 1.23. The van der Waals surface area contributed by atoms with Gasteiger partial charge in [0.05, 0.1) is 6.61 Å². The van der Waals surface area contributed by atoms with Gasteiger partial charge in [-0.15, -0.1) is 0 Å². The molecule has 0 spiro atoms.